The van der Waals surface area contributed by atoms with Gasteiger partial charge in [-0.3, -0.25) is 14.4 Å². The number of amides is 3. The van der Waals surface area contributed by atoms with Gasteiger partial charge in [-0.15, -0.1) is 0 Å². The molecule has 3 aliphatic heterocycles. The molecule has 21 heavy (non-hydrogen) atoms. The lowest BCUT2D eigenvalue weighted by atomic mass is 10.0. The molecule has 0 aromatic rings. The summed E-state index contributed by atoms with van der Waals surface area (Å²) in [5, 5.41) is 2.90. The van der Waals surface area contributed by atoms with E-state index in [-0.39, 0.29) is 35.8 Å². The number of carbonyl (C=O) groups is 3. The molecular formula is C13H21N4O3S+. The smallest absolute Gasteiger partial charge is 0.248 e. The molecule has 116 valence electrons. The normalized spacial score (nSPS) is 35.0. The van der Waals surface area contributed by atoms with Gasteiger partial charge in [-0.05, 0) is 12.7 Å². The van der Waals surface area contributed by atoms with Crippen LogP contribution in [0.4, 0.5) is 0 Å². The Hall–Kier alpha value is -1.28. The van der Waals surface area contributed by atoms with Crippen LogP contribution in [-0.2, 0) is 14.4 Å². The van der Waals surface area contributed by atoms with Crippen LogP contribution in [0.2, 0.25) is 0 Å². The summed E-state index contributed by atoms with van der Waals surface area (Å²) in [5.41, 5.74) is 3.98. The maximum Gasteiger partial charge on any atom is 0.248 e. The number of nitrogens with one attached hydrogen (secondary N) is 1. The third-order valence-corrected chi connectivity index (χ3v) is 5.06. The maximum atomic E-state index is 12.7. The lowest BCUT2D eigenvalue weighted by molar-refractivity contribution is -0.414. The lowest BCUT2D eigenvalue weighted by Crippen LogP contribution is -2.65. The summed E-state index contributed by atoms with van der Waals surface area (Å²) < 4.78 is 0. The van der Waals surface area contributed by atoms with Crippen molar-refractivity contribution in [3.63, 3.8) is 0 Å². The zero-order chi connectivity index (χ0) is 15.1. The van der Waals surface area contributed by atoms with E-state index in [2.05, 4.69) is 11.1 Å². The fraction of sp³-hybridized carbons (Fsp3) is 0.769. The zero-order valence-corrected chi connectivity index (χ0v) is 12.9. The average Bonchev–Trinajstić information content (AvgIpc) is 3.01. The van der Waals surface area contributed by atoms with Crippen molar-refractivity contribution in [3.8, 4) is 0 Å². The monoisotopic (exact) mass is 313 g/mol. The Morgan fingerprint density at radius 3 is 2.86 bits per heavy atom. The number of hydrogen-bond donors (Lipinski definition) is 2. The van der Waals surface area contributed by atoms with E-state index < -0.39 is 6.04 Å². The molecule has 7 nitrogen and oxygen atoms in total. The fourth-order valence-electron chi connectivity index (χ4n) is 3.64. The van der Waals surface area contributed by atoms with Crippen LogP contribution in [0.5, 0.6) is 0 Å². The quantitative estimate of drug-likeness (QED) is 0.610. The number of fused-ring (bicyclic) bond motifs is 2. The van der Waals surface area contributed by atoms with E-state index in [1.165, 1.54) is 11.8 Å². The molecule has 0 radical (unpaired) electrons. The zero-order valence-electron chi connectivity index (χ0n) is 12.1. The molecule has 0 aliphatic carbocycles. The van der Waals surface area contributed by atoms with Gasteiger partial charge in [0, 0.05) is 13.0 Å². The van der Waals surface area contributed by atoms with E-state index in [0.717, 1.165) is 0 Å². The minimum Gasteiger partial charge on any atom is -0.354 e. The number of rotatable bonds is 3. The third-order valence-electron chi connectivity index (χ3n) is 4.51. The standard InChI is InChI=1S/C13H20N4O3S/c1-21-6-10(18)15-8-2-3-16-11(8)13(20)17-5-7(14)4-9(17)12(16)19/h7-9,11H,2-6,14H2,1H3,(H,15,18)/p+1/t7-,8-,9-,11-/m0/s1. The fourth-order valence-corrected chi connectivity index (χ4v) is 3.98. The lowest BCUT2D eigenvalue weighted by Gasteiger charge is -2.39. The molecule has 0 spiro atoms. The highest BCUT2D eigenvalue weighted by Gasteiger charge is 2.55. The second-order valence-corrected chi connectivity index (χ2v) is 6.85. The molecule has 3 fully saturated rings. The number of piperazine rings is 1. The first-order chi connectivity index (χ1) is 10.0. The first kappa shape index (κ1) is 14.6. The van der Waals surface area contributed by atoms with Crippen LogP contribution < -0.4 is 11.1 Å². The van der Waals surface area contributed by atoms with E-state index in [1.807, 2.05) is 6.26 Å². The van der Waals surface area contributed by atoms with Crippen LogP contribution in [0, 0.1) is 0 Å². The molecule has 0 saturated carbocycles. The van der Waals surface area contributed by atoms with Gasteiger partial charge in [0.1, 0.15) is 18.1 Å². The summed E-state index contributed by atoms with van der Waals surface area (Å²) >= 11 is 1.44. The van der Waals surface area contributed by atoms with Crippen LogP contribution >= 0.6 is 11.8 Å². The summed E-state index contributed by atoms with van der Waals surface area (Å²) in [4.78, 5) is 40.3. The minimum atomic E-state index is -0.523. The van der Waals surface area contributed by atoms with Gasteiger partial charge < -0.3 is 20.9 Å². The average molecular weight is 313 g/mol. The SMILES string of the molecule is CSCC(=O)N[C@H]1CCN2C(=O)[C@@H]3C[C@H]([NH3+])CN3C(=O)[C@H]12. The van der Waals surface area contributed by atoms with Crippen LogP contribution in [0.25, 0.3) is 0 Å². The number of thioether (sulfide) groups is 1. The van der Waals surface area contributed by atoms with Crippen LogP contribution in [-0.4, -0.2) is 76.8 Å². The van der Waals surface area contributed by atoms with Crippen molar-refractivity contribution in [3.05, 3.63) is 0 Å². The predicted octanol–water partition coefficient (Wildman–Crippen LogP) is -2.34. The van der Waals surface area contributed by atoms with Crippen molar-refractivity contribution in [1.82, 2.24) is 15.1 Å². The molecule has 3 aliphatic rings. The Kier molecular flexibility index (Phi) is 3.83. The Morgan fingerprint density at radius 2 is 2.14 bits per heavy atom. The number of hydrogen-bond acceptors (Lipinski definition) is 4. The Balaban J connectivity index is 1.77. The number of quaternary nitrogens is 1. The first-order valence-corrected chi connectivity index (χ1v) is 8.64. The van der Waals surface area contributed by atoms with Crippen molar-refractivity contribution < 1.29 is 20.1 Å². The topological polar surface area (TPSA) is 97.4 Å². The summed E-state index contributed by atoms with van der Waals surface area (Å²) in [6.45, 7) is 1.09. The molecule has 4 atom stereocenters. The van der Waals surface area contributed by atoms with Gasteiger partial charge >= 0.3 is 0 Å². The Labute approximate surface area is 127 Å². The molecule has 3 heterocycles. The van der Waals surface area contributed by atoms with Crippen LogP contribution in [0.1, 0.15) is 12.8 Å². The van der Waals surface area contributed by atoms with Crippen LogP contribution in [0.15, 0.2) is 0 Å². The molecule has 4 N–H and O–H groups in total. The molecule has 8 heteroatoms. The van der Waals surface area contributed by atoms with Gasteiger partial charge in [0.05, 0.1) is 18.3 Å². The molecule has 3 amide bonds. The van der Waals surface area contributed by atoms with E-state index in [4.69, 9.17) is 0 Å². The van der Waals surface area contributed by atoms with Crippen molar-refractivity contribution in [2.45, 2.75) is 37.0 Å². The predicted molar refractivity (Wildman–Crippen MR) is 77.2 cm³/mol. The van der Waals surface area contributed by atoms with Gasteiger partial charge in [-0.1, -0.05) is 0 Å². The maximum absolute atomic E-state index is 12.7. The van der Waals surface area contributed by atoms with Crippen LogP contribution in [0.3, 0.4) is 0 Å². The summed E-state index contributed by atoms with van der Waals surface area (Å²) in [6.07, 6.45) is 3.16. The van der Waals surface area contributed by atoms with E-state index in [0.29, 0.717) is 31.7 Å². The largest absolute Gasteiger partial charge is 0.354 e. The van der Waals surface area contributed by atoms with Gasteiger partial charge in [-0.2, -0.15) is 11.8 Å². The molecule has 3 saturated heterocycles. The Bertz CT molecular complexity index is 486. The highest BCUT2D eigenvalue weighted by atomic mass is 32.2. The second-order valence-electron chi connectivity index (χ2n) is 5.98. The highest BCUT2D eigenvalue weighted by molar-refractivity contribution is 7.99. The van der Waals surface area contributed by atoms with E-state index in [9.17, 15) is 14.4 Å². The molecule has 0 unspecified atom stereocenters. The van der Waals surface area contributed by atoms with Gasteiger partial charge in [0.25, 0.3) is 0 Å². The van der Waals surface area contributed by atoms with Crippen molar-refractivity contribution in [2.75, 3.05) is 25.1 Å². The third kappa shape index (κ3) is 2.40. The molecule has 3 rings (SSSR count). The molecular weight excluding hydrogens is 292 g/mol. The number of nitrogens with zero attached hydrogens (tertiary/aromatic N) is 2. The Morgan fingerprint density at radius 1 is 1.38 bits per heavy atom. The van der Waals surface area contributed by atoms with Crippen molar-refractivity contribution in [1.29, 1.82) is 0 Å². The van der Waals surface area contributed by atoms with Crippen molar-refractivity contribution >= 4 is 29.5 Å². The summed E-state index contributed by atoms with van der Waals surface area (Å²) in [5.74, 6) is 0.289. The van der Waals surface area contributed by atoms with Gasteiger partial charge in [0.2, 0.25) is 17.7 Å². The highest BCUT2D eigenvalue weighted by Crippen LogP contribution is 2.31. The molecule has 0 bridgehead atoms. The van der Waals surface area contributed by atoms with E-state index in [1.54, 1.807) is 9.80 Å². The minimum absolute atomic E-state index is 0.0207. The summed E-state index contributed by atoms with van der Waals surface area (Å²) in [6, 6.07) is -1.000. The van der Waals surface area contributed by atoms with Gasteiger partial charge in [0.15, 0.2) is 0 Å². The summed E-state index contributed by atoms with van der Waals surface area (Å²) in [7, 11) is 0. The molecule has 0 aromatic carbocycles. The van der Waals surface area contributed by atoms with Gasteiger partial charge in [-0.25, -0.2) is 0 Å². The first-order valence-electron chi connectivity index (χ1n) is 7.25. The number of carbonyl (C=O) groups excluding carboxylic acids is 3. The second kappa shape index (κ2) is 5.49. The van der Waals surface area contributed by atoms with E-state index >= 15 is 0 Å². The van der Waals surface area contributed by atoms with Crippen molar-refractivity contribution in [2.24, 2.45) is 0 Å². The molecule has 0 aromatic heterocycles.